The highest BCUT2D eigenvalue weighted by Gasteiger charge is 2.14. The average Bonchev–Trinajstić information content (AvgIpc) is 3.19. The van der Waals surface area contributed by atoms with Crippen LogP contribution in [0.25, 0.3) is 11.3 Å². The van der Waals surface area contributed by atoms with Gasteiger partial charge < -0.3 is 9.47 Å². The molecule has 0 saturated heterocycles. The first-order valence-corrected chi connectivity index (χ1v) is 8.77. The molecule has 0 radical (unpaired) electrons. The summed E-state index contributed by atoms with van der Waals surface area (Å²) in [4.78, 5) is 12.2. The van der Waals surface area contributed by atoms with E-state index in [9.17, 15) is 4.79 Å². The SMILES string of the molecule is COc1ccc(-c2cc(C(=O)N/N=C/c3ccc(Br)cc3)[nH]n2)c(OC)c1. The molecular formula is C19H17BrN4O3. The van der Waals surface area contributed by atoms with Gasteiger partial charge in [0.1, 0.15) is 17.2 Å². The Labute approximate surface area is 164 Å². The summed E-state index contributed by atoms with van der Waals surface area (Å²) >= 11 is 3.37. The van der Waals surface area contributed by atoms with Gasteiger partial charge in [-0.25, -0.2) is 5.43 Å². The van der Waals surface area contributed by atoms with Gasteiger partial charge in [0.05, 0.1) is 26.1 Å². The molecular weight excluding hydrogens is 412 g/mol. The number of methoxy groups -OCH3 is 2. The Kier molecular flexibility index (Phi) is 5.87. The third-order valence-electron chi connectivity index (χ3n) is 3.76. The number of H-pyrrole nitrogens is 1. The van der Waals surface area contributed by atoms with Gasteiger partial charge in [-0.2, -0.15) is 10.2 Å². The standard InChI is InChI=1S/C19H17BrN4O3/c1-26-14-7-8-15(18(9-14)27-2)16-10-17(23-22-16)19(25)24-21-11-12-3-5-13(20)6-4-12/h3-11H,1-2H3,(H,22,23)(H,24,25)/b21-11+. The number of benzene rings is 2. The monoisotopic (exact) mass is 428 g/mol. The van der Waals surface area contributed by atoms with E-state index in [1.54, 1.807) is 38.6 Å². The minimum Gasteiger partial charge on any atom is -0.497 e. The number of aromatic amines is 1. The lowest BCUT2D eigenvalue weighted by molar-refractivity contribution is 0.0950. The van der Waals surface area contributed by atoms with Gasteiger partial charge in [0.2, 0.25) is 0 Å². The molecule has 2 aromatic carbocycles. The van der Waals surface area contributed by atoms with Crippen LogP contribution in [0.1, 0.15) is 16.1 Å². The van der Waals surface area contributed by atoms with Gasteiger partial charge in [-0.1, -0.05) is 28.1 Å². The highest BCUT2D eigenvalue weighted by molar-refractivity contribution is 9.10. The van der Waals surface area contributed by atoms with E-state index in [4.69, 9.17) is 9.47 Å². The maximum absolute atomic E-state index is 12.2. The number of hydrogen-bond acceptors (Lipinski definition) is 5. The summed E-state index contributed by atoms with van der Waals surface area (Å²) in [5.41, 5.74) is 4.95. The van der Waals surface area contributed by atoms with Gasteiger partial charge in [0.25, 0.3) is 5.91 Å². The second-order valence-electron chi connectivity index (χ2n) is 5.48. The van der Waals surface area contributed by atoms with Gasteiger partial charge in [-0.15, -0.1) is 0 Å². The molecule has 0 fully saturated rings. The fourth-order valence-corrected chi connectivity index (χ4v) is 2.62. The van der Waals surface area contributed by atoms with Crippen molar-refractivity contribution in [2.45, 2.75) is 0 Å². The maximum atomic E-state index is 12.2. The molecule has 0 aliphatic carbocycles. The average molecular weight is 429 g/mol. The van der Waals surface area contributed by atoms with Crippen LogP contribution in [0.2, 0.25) is 0 Å². The molecule has 27 heavy (non-hydrogen) atoms. The van der Waals surface area contributed by atoms with E-state index in [0.717, 1.165) is 15.6 Å². The molecule has 8 heteroatoms. The van der Waals surface area contributed by atoms with Gasteiger partial charge >= 0.3 is 0 Å². The van der Waals surface area contributed by atoms with Gasteiger partial charge in [-0.3, -0.25) is 9.89 Å². The summed E-state index contributed by atoms with van der Waals surface area (Å²) in [5, 5.41) is 10.9. The van der Waals surface area contributed by atoms with Crippen LogP contribution in [0.3, 0.4) is 0 Å². The zero-order valence-electron chi connectivity index (χ0n) is 14.7. The number of rotatable bonds is 6. The third kappa shape index (κ3) is 4.53. The molecule has 1 amide bonds. The molecule has 0 saturated carbocycles. The summed E-state index contributed by atoms with van der Waals surface area (Å²) in [5.74, 6) is 0.877. The normalized spacial score (nSPS) is 10.8. The Balaban J connectivity index is 1.71. The van der Waals surface area contributed by atoms with Crippen molar-refractivity contribution in [1.82, 2.24) is 15.6 Å². The van der Waals surface area contributed by atoms with E-state index in [1.165, 1.54) is 0 Å². The van der Waals surface area contributed by atoms with E-state index in [1.807, 2.05) is 30.3 Å². The molecule has 0 spiro atoms. The lowest BCUT2D eigenvalue weighted by Gasteiger charge is -2.08. The second kappa shape index (κ2) is 8.50. The summed E-state index contributed by atoms with van der Waals surface area (Å²) in [7, 11) is 3.15. The number of ether oxygens (including phenoxy) is 2. The maximum Gasteiger partial charge on any atom is 0.289 e. The predicted octanol–water partition coefficient (Wildman–Crippen LogP) is 3.62. The van der Waals surface area contributed by atoms with Crippen molar-refractivity contribution in [1.29, 1.82) is 0 Å². The van der Waals surface area contributed by atoms with Crippen molar-refractivity contribution in [3.8, 4) is 22.8 Å². The molecule has 0 atom stereocenters. The number of carbonyl (C=O) groups is 1. The minimum absolute atomic E-state index is 0.288. The highest BCUT2D eigenvalue weighted by Crippen LogP contribution is 2.32. The van der Waals surface area contributed by atoms with Crippen molar-refractivity contribution in [2.75, 3.05) is 14.2 Å². The molecule has 0 aliphatic rings. The molecule has 1 heterocycles. The molecule has 0 unspecified atom stereocenters. The quantitative estimate of drug-likeness (QED) is 0.463. The minimum atomic E-state index is -0.394. The number of hydrazone groups is 1. The van der Waals surface area contributed by atoms with Crippen LogP contribution in [-0.2, 0) is 0 Å². The molecule has 2 N–H and O–H groups in total. The van der Waals surface area contributed by atoms with Crippen molar-refractivity contribution in [3.05, 3.63) is 64.3 Å². The fourth-order valence-electron chi connectivity index (χ4n) is 2.36. The Morgan fingerprint density at radius 1 is 1.15 bits per heavy atom. The van der Waals surface area contributed by atoms with Crippen LogP contribution >= 0.6 is 15.9 Å². The number of nitrogens with zero attached hydrogens (tertiary/aromatic N) is 2. The largest absolute Gasteiger partial charge is 0.497 e. The van der Waals surface area contributed by atoms with E-state index in [0.29, 0.717) is 17.2 Å². The van der Waals surface area contributed by atoms with Crippen molar-refractivity contribution >= 4 is 28.1 Å². The van der Waals surface area contributed by atoms with Crippen LogP contribution in [-0.4, -0.2) is 36.5 Å². The van der Waals surface area contributed by atoms with Crippen molar-refractivity contribution < 1.29 is 14.3 Å². The van der Waals surface area contributed by atoms with Crippen molar-refractivity contribution in [3.63, 3.8) is 0 Å². The first-order chi connectivity index (χ1) is 13.1. The summed E-state index contributed by atoms with van der Waals surface area (Å²) < 4.78 is 11.5. The van der Waals surface area contributed by atoms with E-state index >= 15 is 0 Å². The van der Waals surface area contributed by atoms with Crippen LogP contribution in [0, 0.1) is 0 Å². The van der Waals surface area contributed by atoms with Crippen LogP contribution in [0.4, 0.5) is 0 Å². The summed E-state index contributed by atoms with van der Waals surface area (Å²) in [6.07, 6.45) is 1.56. The van der Waals surface area contributed by atoms with E-state index in [2.05, 4.69) is 36.7 Å². The zero-order valence-corrected chi connectivity index (χ0v) is 16.3. The van der Waals surface area contributed by atoms with Gasteiger partial charge in [-0.05, 0) is 35.9 Å². The van der Waals surface area contributed by atoms with Crippen LogP contribution in [0.15, 0.2) is 58.1 Å². The fraction of sp³-hybridized carbons (Fsp3) is 0.105. The van der Waals surface area contributed by atoms with Gasteiger partial charge in [0.15, 0.2) is 0 Å². The lowest BCUT2D eigenvalue weighted by Crippen LogP contribution is -2.17. The zero-order chi connectivity index (χ0) is 19.2. The molecule has 138 valence electrons. The number of carbonyl (C=O) groups excluding carboxylic acids is 1. The molecule has 3 aromatic rings. The van der Waals surface area contributed by atoms with Crippen LogP contribution < -0.4 is 14.9 Å². The number of hydrogen-bond donors (Lipinski definition) is 2. The van der Waals surface area contributed by atoms with Gasteiger partial charge in [0, 0.05) is 16.1 Å². The van der Waals surface area contributed by atoms with E-state index in [-0.39, 0.29) is 5.69 Å². The summed E-state index contributed by atoms with van der Waals surface area (Å²) in [6.45, 7) is 0. The first kappa shape index (κ1) is 18.7. The predicted molar refractivity (Wildman–Crippen MR) is 106 cm³/mol. The number of amides is 1. The lowest BCUT2D eigenvalue weighted by atomic mass is 10.1. The second-order valence-corrected chi connectivity index (χ2v) is 6.40. The Morgan fingerprint density at radius 3 is 2.63 bits per heavy atom. The Morgan fingerprint density at radius 2 is 1.93 bits per heavy atom. The molecule has 3 rings (SSSR count). The number of halogens is 1. The van der Waals surface area contributed by atoms with E-state index < -0.39 is 5.91 Å². The summed E-state index contributed by atoms with van der Waals surface area (Å²) in [6, 6.07) is 14.6. The Bertz CT molecular complexity index is 967. The van der Waals surface area contributed by atoms with Crippen molar-refractivity contribution in [2.24, 2.45) is 5.10 Å². The third-order valence-corrected chi connectivity index (χ3v) is 4.29. The molecule has 0 bridgehead atoms. The molecule has 1 aromatic heterocycles. The number of aromatic nitrogens is 2. The topological polar surface area (TPSA) is 88.6 Å². The number of nitrogens with one attached hydrogen (secondary N) is 2. The smallest absolute Gasteiger partial charge is 0.289 e. The molecule has 7 nitrogen and oxygen atoms in total. The van der Waals surface area contributed by atoms with Crippen LogP contribution in [0.5, 0.6) is 11.5 Å². The highest BCUT2D eigenvalue weighted by atomic mass is 79.9. The molecule has 0 aliphatic heterocycles. The Hall–Kier alpha value is -3.13. The first-order valence-electron chi connectivity index (χ1n) is 7.97.